The summed E-state index contributed by atoms with van der Waals surface area (Å²) < 4.78 is 28.9. The summed E-state index contributed by atoms with van der Waals surface area (Å²) in [6, 6.07) is 0. The van der Waals surface area contributed by atoms with Gasteiger partial charge in [-0.05, 0) is 56.3 Å². The van der Waals surface area contributed by atoms with Crippen molar-refractivity contribution >= 4 is 0 Å². The third-order valence-electron chi connectivity index (χ3n) is 4.80. The molecule has 18 heavy (non-hydrogen) atoms. The monoisotopic (exact) mass is 258 g/mol. The maximum absolute atomic E-state index is 11.9. The minimum absolute atomic E-state index is 0.0188. The lowest BCUT2D eigenvalue weighted by Crippen LogP contribution is -2.27. The normalized spacial score (nSPS) is 37.1. The van der Waals surface area contributed by atoms with E-state index in [0.29, 0.717) is 6.26 Å². The van der Waals surface area contributed by atoms with Gasteiger partial charge in [0, 0.05) is 0 Å². The van der Waals surface area contributed by atoms with Crippen molar-refractivity contribution in [2.24, 2.45) is 17.8 Å². The Morgan fingerprint density at radius 1 is 0.889 bits per heavy atom. The molecule has 0 amide bonds. The maximum atomic E-state index is 11.9. The topological polar surface area (TPSA) is 9.23 Å². The van der Waals surface area contributed by atoms with Crippen LogP contribution in [-0.2, 0) is 4.74 Å². The Morgan fingerprint density at radius 3 is 1.89 bits per heavy atom. The third kappa shape index (κ3) is 3.96. The van der Waals surface area contributed by atoms with Crippen molar-refractivity contribution in [3.05, 3.63) is 12.3 Å². The Bertz CT molecular complexity index is 270. The molecule has 0 atom stereocenters. The van der Waals surface area contributed by atoms with Gasteiger partial charge in [0.25, 0.3) is 0 Å². The zero-order valence-corrected chi connectivity index (χ0v) is 11.2. The lowest BCUT2D eigenvalue weighted by molar-refractivity contribution is 0.0589. The molecule has 0 aromatic rings. The molecule has 0 unspecified atom stereocenters. The molecule has 2 saturated carbocycles. The van der Waals surface area contributed by atoms with Crippen LogP contribution in [-0.4, -0.2) is 6.10 Å². The van der Waals surface area contributed by atoms with E-state index in [2.05, 4.69) is 6.92 Å². The van der Waals surface area contributed by atoms with Gasteiger partial charge in [0.05, 0.1) is 6.10 Å². The van der Waals surface area contributed by atoms with Crippen molar-refractivity contribution in [1.29, 1.82) is 0 Å². The van der Waals surface area contributed by atoms with E-state index in [1.807, 2.05) is 0 Å². The van der Waals surface area contributed by atoms with Gasteiger partial charge in [-0.2, -0.15) is 8.78 Å². The van der Waals surface area contributed by atoms with Gasteiger partial charge in [-0.1, -0.05) is 19.8 Å². The number of hydrogen-bond acceptors (Lipinski definition) is 1. The molecule has 0 aromatic carbocycles. The van der Waals surface area contributed by atoms with Gasteiger partial charge in [-0.3, -0.25) is 0 Å². The van der Waals surface area contributed by atoms with Crippen LogP contribution in [0.2, 0.25) is 0 Å². The van der Waals surface area contributed by atoms with Crippen LogP contribution in [0.5, 0.6) is 0 Å². The highest BCUT2D eigenvalue weighted by molar-refractivity contribution is 4.83. The minimum Gasteiger partial charge on any atom is -0.492 e. The molecule has 0 aliphatic heterocycles. The Labute approximate surface area is 109 Å². The first-order valence-corrected chi connectivity index (χ1v) is 7.31. The first-order valence-electron chi connectivity index (χ1n) is 7.31. The molecule has 2 aliphatic carbocycles. The van der Waals surface area contributed by atoms with E-state index >= 15 is 0 Å². The molecule has 0 N–H and O–H groups in total. The molecular weight excluding hydrogens is 234 g/mol. The van der Waals surface area contributed by atoms with E-state index in [-0.39, 0.29) is 6.10 Å². The summed E-state index contributed by atoms with van der Waals surface area (Å²) in [4.78, 5) is 0. The molecule has 0 aromatic heterocycles. The van der Waals surface area contributed by atoms with E-state index in [4.69, 9.17) is 4.74 Å². The van der Waals surface area contributed by atoms with Gasteiger partial charge >= 0.3 is 6.08 Å². The lowest BCUT2D eigenvalue weighted by Gasteiger charge is -2.36. The van der Waals surface area contributed by atoms with Gasteiger partial charge in [-0.25, -0.2) is 0 Å². The van der Waals surface area contributed by atoms with Gasteiger partial charge in [0.15, 0.2) is 0 Å². The average molecular weight is 258 g/mol. The number of halogens is 2. The minimum atomic E-state index is -1.72. The van der Waals surface area contributed by atoms with Crippen LogP contribution in [0.25, 0.3) is 0 Å². The highest BCUT2D eigenvalue weighted by atomic mass is 19.3. The summed E-state index contributed by atoms with van der Waals surface area (Å²) in [7, 11) is 0. The summed E-state index contributed by atoms with van der Waals surface area (Å²) in [6.07, 6.45) is 8.61. The molecule has 2 aliphatic rings. The zero-order valence-electron chi connectivity index (χ0n) is 11.2. The molecule has 104 valence electrons. The Balaban J connectivity index is 1.71. The van der Waals surface area contributed by atoms with Crippen LogP contribution in [0.4, 0.5) is 8.78 Å². The average Bonchev–Trinajstić information content (AvgIpc) is 2.38. The van der Waals surface area contributed by atoms with Crippen LogP contribution in [0.15, 0.2) is 12.3 Å². The molecule has 0 bridgehead atoms. The molecule has 0 radical (unpaired) electrons. The fourth-order valence-corrected chi connectivity index (χ4v) is 3.60. The maximum Gasteiger partial charge on any atom is 0.304 e. The van der Waals surface area contributed by atoms with Crippen molar-refractivity contribution in [1.82, 2.24) is 0 Å². The lowest BCUT2D eigenvalue weighted by atomic mass is 9.71. The van der Waals surface area contributed by atoms with E-state index in [0.717, 1.165) is 43.4 Å². The SMILES string of the molecule is C[C@H]1CC[C@H]([C@H]2CC[C@H](OC=C(F)F)CC2)CC1. The zero-order chi connectivity index (χ0) is 13.0. The Hall–Kier alpha value is -0.600. The van der Waals surface area contributed by atoms with Gasteiger partial charge in [0.2, 0.25) is 0 Å². The van der Waals surface area contributed by atoms with Crippen LogP contribution in [0.1, 0.15) is 58.3 Å². The van der Waals surface area contributed by atoms with Crippen molar-refractivity contribution in [3.63, 3.8) is 0 Å². The predicted molar refractivity (Wildman–Crippen MR) is 68.3 cm³/mol. The Morgan fingerprint density at radius 2 is 1.39 bits per heavy atom. The molecule has 0 saturated heterocycles. The smallest absolute Gasteiger partial charge is 0.304 e. The fourth-order valence-electron chi connectivity index (χ4n) is 3.60. The first-order chi connectivity index (χ1) is 8.65. The number of ether oxygens (including phenoxy) is 1. The summed E-state index contributed by atoms with van der Waals surface area (Å²) >= 11 is 0. The molecule has 0 spiro atoms. The van der Waals surface area contributed by atoms with E-state index in [1.54, 1.807) is 0 Å². The van der Waals surface area contributed by atoms with E-state index in [9.17, 15) is 8.78 Å². The molecular formula is C15H24F2O. The molecule has 3 heteroatoms. The van der Waals surface area contributed by atoms with Crippen LogP contribution < -0.4 is 0 Å². The highest BCUT2D eigenvalue weighted by Crippen LogP contribution is 2.40. The summed E-state index contributed by atoms with van der Waals surface area (Å²) in [5.41, 5.74) is 0. The standard InChI is InChI=1S/C15H24F2O/c1-11-2-4-12(5-3-11)13-6-8-14(9-7-13)18-10-15(16)17/h10-14H,2-9H2,1H3/t11-,12-,13-,14-. The summed E-state index contributed by atoms with van der Waals surface area (Å²) in [5.74, 6) is 2.60. The van der Waals surface area contributed by atoms with Gasteiger partial charge in [-0.15, -0.1) is 0 Å². The van der Waals surface area contributed by atoms with E-state index < -0.39 is 6.08 Å². The van der Waals surface area contributed by atoms with Gasteiger partial charge < -0.3 is 4.74 Å². The van der Waals surface area contributed by atoms with Crippen molar-refractivity contribution < 1.29 is 13.5 Å². The van der Waals surface area contributed by atoms with Crippen molar-refractivity contribution in [2.75, 3.05) is 0 Å². The molecule has 2 rings (SSSR count). The summed E-state index contributed by atoms with van der Waals surface area (Å²) in [5, 5.41) is 0. The van der Waals surface area contributed by atoms with Crippen molar-refractivity contribution in [2.45, 2.75) is 64.4 Å². The predicted octanol–water partition coefficient (Wildman–Crippen LogP) is 5.13. The second-order valence-corrected chi connectivity index (χ2v) is 6.10. The number of hydrogen-bond donors (Lipinski definition) is 0. The second kappa shape index (κ2) is 6.53. The van der Waals surface area contributed by atoms with Gasteiger partial charge in [0.1, 0.15) is 6.26 Å². The van der Waals surface area contributed by atoms with E-state index in [1.165, 1.54) is 25.7 Å². The molecule has 1 nitrogen and oxygen atoms in total. The van der Waals surface area contributed by atoms with Crippen LogP contribution in [0, 0.1) is 17.8 Å². The number of rotatable bonds is 3. The second-order valence-electron chi connectivity index (χ2n) is 6.10. The Kier molecular flexibility index (Phi) is 5.02. The van der Waals surface area contributed by atoms with Crippen molar-refractivity contribution in [3.8, 4) is 0 Å². The highest BCUT2D eigenvalue weighted by Gasteiger charge is 2.30. The molecule has 2 fully saturated rings. The first kappa shape index (κ1) is 13.8. The third-order valence-corrected chi connectivity index (χ3v) is 4.80. The summed E-state index contributed by atoms with van der Waals surface area (Å²) in [6.45, 7) is 2.35. The fraction of sp³-hybridized carbons (Fsp3) is 0.867. The largest absolute Gasteiger partial charge is 0.492 e. The van der Waals surface area contributed by atoms with Crippen LogP contribution in [0.3, 0.4) is 0 Å². The van der Waals surface area contributed by atoms with Crippen LogP contribution >= 0.6 is 0 Å². The quantitative estimate of drug-likeness (QED) is 0.638. The molecule has 0 heterocycles.